The first-order valence-corrected chi connectivity index (χ1v) is 11.5. The number of piperidine rings is 1. The van der Waals surface area contributed by atoms with Gasteiger partial charge in [0, 0.05) is 18.7 Å². The molecule has 2 aromatic carbocycles. The number of ether oxygens (including phenoxy) is 1. The Kier molecular flexibility index (Phi) is 6.82. The molecule has 0 aliphatic carbocycles. The largest absolute Gasteiger partial charge is 0.490 e. The van der Waals surface area contributed by atoms with E-state index in [4.69, 9.17) is 16.3 Å². The molecule has 1 heterocycles. The van der Waals surface area contributed by atoms with Crippen LogP contribution in [-0.4, -0.2) is 38.3 Å². The Morgan fingerprint density at radius 2 is 1.90 bits per heavy atom. The van der Waals surface area contributed by atoms with Gasteiger partial charge in [-0.15, -0.1) is 0 Å². The van der Waals surface area contributed by atoms with Gasteiger partial charge in [0.25, 0.3) is 5.91 Å². The van der Waals surface area contributed by atoms with Crippen molar-refractivity contribution < 1.29 is 17.9 Å². The highest BCUT2D eigenvalue weighted by atomic mass is 35.5. The highest BCUT2D eigenvalue weighted by molar-refractivity contribution is 7.89. The van der Waals surface area contributed by atoms with Crippen LogP contribution < -0.4 is 10.1 Å². The monoisotopic (exact) mass is 436 g/mol. The minimum absolute atomic E-state index is 0.131. The lowest BCUT2D eigenvalue weighted by atomic mass is 10.1. The third-order valence-corrected chi connectivity index (χ3v) is 7.10. The Morgan fingerprint density at radius 1 is 1.17 bits per heavy atom. The van der Waals surface area contributed by atoms with Gasteiger partial charge in [-0.3, -0.25) is 4.79 Å². The van der Waals surface area contributed by atoms with Gasteiger partial charge in [0.15, 0.2) is 5.75 Å². The van der Waals surface area contributed by atoms with Crippen molar-refractivity contribution in [3.05, 3.63) is 52.5 Å². The van der Waals surface area contributed by atoms with Crippen LogP contribution in [-0.2, 0) is 10.0 Å². The van der Waals surface area contributed by atoms with E-state index in [0.29, 0.717) is 47.3 Å². The van der Waals surface area contributed by atoms with Crippen LogP contribution in [0.2, 0.25) is 5.02 Å². The molecule has 1 fully saturated rings. The lowest BCUT2D eigenvalue weighted by molar-refractivity contribution is 0.102. The lowest BCUT2D eigenvalue weighted by Gasteiger charge is -2.26. The predicted molar refractivity (Wildman–Crippen MR) is 114 cm³/mol. The smallest absolute Gasteiger partial charge is 0.256 e. The van der Waals surface area contributed by atoms with Crippen LogP contribution in [0, 0.1) is 6.92 Å². The number of sulfonamides is 1. The number of anilines is 1. The first-order chi connectivity index (χ1) is 13.8. The van der Waals surface area contributed by atoms with Gasteiger partial charge in [0.05, 0.1) is 22.2 Å². The SMILES string of the molecule is CCOc1c(Cl)cccc1NC(=O)c1cc(S(=O)(=O)N2CCCCC2)ccc1C. The molecule has 1 saturated heterocycles. The van der Waals surface area contributed by atoms with Crippen molar-refractivity contribution in [3.63, 3.8) is 0 Å². The van der Waals surface area contributed by atoms with E-state index >= 15 is 0 Å². The van der Waals surface area contributed by atoms with E-state index in [-0.39, 0.29) is 4.90 Å². The van der Waals surface area contributed by atoms with E-state index in [0.717, 1.165) is 19.3 Å². The maximum atomic E-state index is 13.0. The summed E-state index contributed by atoms with van der Waals surface area (Å²) in [5.41, 5.74) is 1.42. The minimum Gasteiger partial charge on any atom is -0.490 e. The average Bonchev–Trinajstić information content (AvgIpc) is 2.71. The normalized spacial score (nSPS) is 15.1. The molecule has 0 spiro atoms. The molecule has 0 atom stereocenters. The average molecular weight is 437 g/mol. The molecule has 0 saturated carbocycles. The van der Waals surface area contributed by atoms with Crippen LogP contribution in [0.25, 0.3) is 0 Å². The Hall–Kier alpha value is -2.09. The second kappa shape index (κ2) is 9.15. The summed E-state index contributed by atoms with van der Waals surface area (Å²) < 4.78 is 33.0. The first-order valence-electron chi connectivity index (χ1n) is 9.68. The summed E-state index contributed by atoms with van der Waals surface area (Å²) in [4.78, 5) is 13.1. The number of aryl methyl sites for hydroxylation is 1. The lowest BCUT2D eigenvalue weighted by Crippen LogP contribution is -2.35. The zero-order chi connectivity index (χ0) is 21.0. The van der Waals surface area contributed by atoms with Crippen molar-refractivity contribution in [2.24, 2.45) is 0 Å². The van der Waals surface area contributed by atoms with E-state index < -0.39 is 15.9 Å². The second-order valence-electron chi connectivity index (χ2n) is 6.95. The fourth-order valence-corrected chi connectivity index (χ4v) is 5.12. The van der Waals surface area contributed by atoms with Crippen LogP contribution in [0.4, 0.5) is 5.69 Å². The van der Waals surface area contributed by atoms with E-state index in [1.54, 1.807) is 37.3 Å². The van der Waals surface area contributed by atoms with Gasteiger partial charge in [0.2, 0.25) is 10.0 Å². The molecule has 6 nitrogen and oxygen atoms in total. The number of carbonyl (C=O) groups is 1. The second-order valence-corrected chi connectivity index (χ2v) is 9.29. The molecule has 0 aromatic heterocycles. The Labute approximate surface area is 176 Å². The van der Waals surface area contributed by atoms with Crippen molar-refractivity contribution in [2.45, 2.75) is 38.0 Å². The fraction of sp³-hybridized carbons (Fsp3) is 0.381. The third kappa shape index (κ3) is 4.74. The Morgan fingerprint density at radius 3 is 2.59 bits per heavy atom. The topological polar surface area (TPSA) is 75.7 Å². The molecule has 0 radical (unpaired) electrons. The number of hydrogen-bond acceptors (Lipinski definition) is 4. The zero-order valence-corrected chi connectivity index (χ0v) is 18.1. The maximum absolute atomic E-state index is 13.0. The van der Waals surface area contributed by atoms with Gasteiger partial charge < -0.3 is 10.1 Å². The number of rotatable bonds is 6. The molecule has 0 bridgehead atoms. The van der Waals surface area contributed by atoms with E-state index in [2.05, 4.69) is 5.32 Å². The zero-order valence-electron chi connectivity index (χ0n) is 16.6. The number of amides is 1. The van der Waals surface area contributed by atoms with Crippen LogP contribution in [0.5, 0.6) is 5.75 Å². The number of benzene rings is 2. The van der Waals surface area contributed by atoms with Crippen molar-refractivity contribution in [3.8, 4) is 5.75 Å². The molecule has 1 aliphatic heterocycles. The van der Waals surface area contributed by atoms with Gasteiger partial charge in [0.1, 0.15) is 0 Å². The maximum Gasteiger partial charge on any atom is 0.256 e. The van der Waals surface area contributed by atoms with Gasteiger partial charge >= 0.3 is 0 Å². The summed E-state index contributed by atoms with van der Waals surface area (Å²) in [7, 11) is -3.62. The third-order valence-electron chi connectivity index (χ3n) is 4.91. The summed E-state index contributed by atoms with van der Waals surface area (Å²) in [6.45, 7) is 5.02. The van der Waals surface area contributed by atoms with Crippen LogP contribution in [0.15, 0.2) is 41.3 Å². The van der Waals surface area contributed by atoms with Crippen molar-refractivity contribution in [1.82, 2.24) is 4.31 Å². The molecular formula is C21H25ClN2O4S. The molecule has 0 unspecified atom stereocenters. The predicted octanol–water partition coefficient (Wildman–Crippen LogP) is 4.47. The molecule has 1 aliphatic rings. The highest BCUT2D eigenvalue weighted by Gasteiger charge is 2.27. The van der Waals surface area contributed by atoms with Crippen LogP contribution >= 0.6 is 11.6 Å². The van der Waals surface area contributed by atoms with Crippen LogP contribution in [0.1, 0.15) is 42.1 Å². The Balaban J connectivity index is 1.91. The number of nitrogens with zero attached hydrogens (tertiary/aromatic N) is 1. The van der Waals surface area contributed by atoms with E-state index in [1.807, 2.05) is 6.92 Å². The summed E-state index contributed by atoms with van der Waals surface area (Å²) >= 11 is 6.18. The number of nitrogens with one attached hydrogen (secondary N) is 1. The quantitative estimate of drug-likeness (QED) is 0.724. The molecule has 3 rings (SSSR count). The van der Waals surface area contributed by atoms with Gasteiger partial charge in [-0.25, -0.2) is 8.42 Å². The number of carbonyl (C=O) groups excluding carboxylic acids is 1. The summed E-state index contributed by atoms with van der Waals surface area (Å²) in [5, 5.41) is 3.19. The molecule has 156 valence electrons. The molecule has 1 amide bonds. The highest BCUT2D eigenvalue weighted by Crippen LogP contribution is 2.33. The van der Waals surface area contributed by atoms with Gasteiger partial charge in [-0.05, 0) is 56.5 Å². The standard InChI is InChI=1S/C21H25ClN2O4S/c1-3-28-20-18(22)8-7-9-19(20)23-21(25)17-14-16(11-10-15(17)2)29(26,27)24-12-5-4-6-13-24/h7-11,14H,3-6,12-13H2,1-2H3,(H,23,25). The molecule has 8 heteroatoms. The summed E-state index contributed by atoms with van der Waals surface area (Å²) in [5.74, 6) is -0.0267. The molecule has 29 heavy (non-hydrogen) atoms. The molecular weight excluding hydrogens is 412 g/mol. The number of para-hydroxylation sites is 1. The fourth-order valence-electron chi connectivity index (χ4n) is 3.35. The van der Waals surface area contributed by atoms with Gasteiger partial charge in [-0.1, -0.05) is 30.2 Å². The molecule has 2 aromatic rings. The van der Waals surface area contributed by atoms with Gasteiger partial charge in [-0.2, -0.15) is 4.31 Å². The van der Waals surface area contributed by atoms with Crippen molar-refractivity contribution in [2.75, 3.05) is 25.0 Å². The van der Waals surface area contributed by atoms with Crippen molar-refractivity contribution >= 4 is 33.2 Å². The van der Waals surface area contributed by atoms with E-state index in [9.17, 15) is 13.2 Å². The number of hydrogen-bond donors (Lipinski definition) is 1. The number of halogens is 1. The Bertz CT molecular complexity index is 1000. The van der Waals surface area contributed by atoms with Crippen molar-refractivity contribution in [1.29, 1.82) is 0 Å². The van der Waals surface area contributed by atoms with Crippen LogP contribution in [0.3, 0.4) is 0 Å². The molecule has 1 N–H and O–H groups in total. The minimum atomic E-state index is -3.62. The summed E-state index contributed by atoms with van der Waals surface area (Å²) in [6, 6.07) is 9.75. The van der Waals surface area contributed by atoms with E-state index in [1.165, 1.54) is 10.4 Å². The first kappa shape index (κ1) is 21.6. The summed E-state index contributed by atoms with van der Waals surface area (Å²) in [6.07, 6.45) is 2.75.